The van der Waals surface area contributed by atoms with Crippen LogP contribution in [0.5, 0.6) is 0 Å². The third kappa shape index (κ3) is 4.20. The molecule has 1 saturated heterocycles. The number of rotatable bonds is 5. The minimum atomic E-state index is -3.56. The van der Waals surface area contributed by atoms with E-state index in [2.05, 4.69) is 11.1 Å². The van der Waals surface area contributed by atoms with Crippen molar-refractivity contribution in [1.29, 1.82) is 0 Å². The monoisotopic (exact) mass is 352 g/mol. The molecule has 1 atom stereocenters. The van der Waals surface area contributed by atoms with Crippen LogP contribution in [0.15, 0.2) is 36.5 Å². The molecule has 0 aliphatic carbocycles. The van der Waals surface area contributed by atoms with E-state index < -0.39 is 9.05 Å². The summed E-state index contributed by atoms with van der Waals surface area (Å²) in [6.45, 7) is 1.02. The van der Waals surface area contributed by atoms with Crippen LogP contribution < -0.4 is 0 Å². The number of fused-ring (bicyclic) bond motifs is 1. The summed E-state index contributed by atoms with van der Waals surface area (Å²) in [5.41, 5.74) is 2.01. The summed E-state index contributed by atoms with van der Waals surface area (Å²) >= 11 is 0. The largest absolute Gasteiger partial charge is 0.342 e. The maximum atomic E-state index is 12.0. The summed E-state index contributed by atoms with van der Waals surface area (Å²) in [6, 6.07) is 9.95. The molecule has 1 amide bonds. The molecule has 1 aliphatic heterocycles. The van der Waals surface area contributed by atoms with Gasteiger partial charge in [0.2, 0.25) is 15.0 Å². The second-order valence-electron chi connectivity index (χ2n) is 5.90. The average Bonchev–Trinajstić information content (AvgIpc) is 2.82. The zero-order chi connectivity index (χ0) is 16.4. The lowest BCUT2D eigenvalue weighted by molar-refractivity contribution is -0.127. The number of likely N-dealkylation sites (tertiary alicyclic amines) is 1. The number of carbonyl (C=O) groups excluding carboxylic acids is 1. The molecule has 1 unspecified atom stereocenters. The summed E-state index contributed by atoms with van der Waals surface area (Å²) in [5, 5.41) is 1.07. The standard InChI is InChI=1S/C16H17ClN2O3S/c17-23(21,22)11-13-8-16(20)19(10-13)6-5-12-7-14-3-1-2-4-15(14)18-9-12/h1-4,7,9,13H,5-6,8,10-11H2. The van der Waals surface area contributed by atoms with E-state index in [1.807, 2.05) is 30.5 Å². The quantitative estimate of drug-likeness (QED) is 0.774. The van der Waals surface area contributed by atoms with E-state index in [9.17, 15) is 13.2 Å². The van der Waals surface area contributed by atoms with E-state index in [0.717, 1.165) is 16.5 Å². The smallest absolute Gasteiger partial charge is 0.232 e. The molecule has 7 heteroatoms. The summed E-state index contributed by atoms with van der Waals surface area (Å²) in [4.78, 5) is 18.1. The number of benzene rings is 1. The van der Waals surface area contributed by atoms with Gasteiger partial charge in [-0.05, 0) is 24.1 Å². The maximum Gasteiger partial charge on any atom is 0.232 e. The molecule has 3 rings (SSSR count). The highest BCUT2D eigenvalue weighted by atomic mass is 35.7. The third-order valence-corrected chi connectivity index (χ3v) is 5.29. The molecule has 0 N–H and O–H groups in total. The lowest BCUT2D eigenvalue weighted by Gasteiger charge is -2.16. The van der Waals surface area contributed by atoms with Gasteiger partial charge in [0.15, 0.2) is 0 Å². The first kappa shape index (κ1) is 16.2. The fourth-order valence-corrected chi connectivity index (χ4v) is 4.30. The van der Waals surface area contributed by atoms with Crippen molar-refractivity contribution in [2.75, 3.05) is 18.8 Å². The predicted octanol–water partition coefficient (Wildman–Crippen LogP) is 2.19. The zero-order valence-electron chi connectivity index (χ0n) is 12.5. The summed E-state index contributed by atoms with van der Waals surface area (Å²) < 4.78 is 22.3. The predicted molar refractivity (Wildman–Crippen MR) is 89.8 cm³/mol. The topological polar surface area (TPSA) is 67.3 Å². The van der Waals surface area contributed by atoms with Crippen molar-refractivity contribution in [2.45, 2.75) is 12.8 Å². The fraction of sp³-hybridized carbons (Fsp3) is 0.375. The first-order chi connectivity index (χ1) is 10.9. The second kappa shape index (κ2) is 6.45. The molecule has 23 heavy (non-hydrogen) atoms. The number of hydrogen-bond acceptors (Lipinski definition) is 4. The number of halogens is 1. The molecular weight excluding hydrogens is 336 g/mol. The van der Waals surface area contributed by atoms with E-state index >= 15 is 0 Å². The van der Waals surface area contributed by atoms with Crippen molar-refractivity contribution in [3.63, 3.8) is 0 Å². The number of aromatic nitrogens is 1. The Labute approximate surface area is 139 Å². The Morgan fingerprint density at radius 1 is 1.30 bits per heavy atom. The Hall–Kier alpha value is -1.66. The van der Waals surface area contributed by atoms with Crippen LogP contribution in [0.2, 0.25) is 0 Å². The lowest BCUT2D eigenvalue weighted by Crippen LogP contribution is -2.28. The number of para-hydroxylation sites is 1. The number of hydrogen-bond donors (Lipinski definition) is 0. The Morgan fingerprint density at radius 2 is 2.09 bits per heavy atom. The van der Waals surface area contributed by atoms with Gasteiger partial charge in [0.05, 0.1) is 11.3 Å². The Kier molecular flexibility index (Phi) is 4.55. The maximum absolute atomic E-state index is 12.0. The van der Waals surface area contributed by atoms with E-state index in [1.165, 1.54) is 0 Å². The molecule has 1 fully saturated rings. The molecule has 122 valence electrons. The molecule has 0 radical (unpaired) electrons. The first-order valence-corrected chi connectivity index (χ1v) is 9.92. The van der Waals surface area contributed by atoms with Gasteiger partial charge in [-0.1, -0.05) is 18.2 Å². The molecule has 1 aromatic carbocycles. The van der Waals surface area contributed by atoms with Gasteiger partial charge in [-0.3, -0.25) is 9.78 Å². The van der Waals surface area contributed by atoms with Gasteiger partial charge < -0.3 is 4.90 Å². The first-order valence-electron chi connectivity index (χ1n) is 7.44. The molecular formula is C16H17ClN2O3S. The molecule has 0 spiro atoms. The molecule has 1 aromatic heterocycles. The van der Waals surface area contributed by atoms with Gasteiger partial charge in [0.1, 0.15) is 0 Å². The van der Waals surface area contributed by atoms with Crippen molar-refractivity contribution >= 4 is 36.5 Å². The molecule has 5 nitrogen and oxygen atoms in total. The van der Waals surface area contributed by atoms with Crippen molar-refractivity contribution in [3.8, 4) is 0 Å². The van der Waals surface area contributed by atoms with Crippen molar-refractivity contribution < 1.29 is 13.2 Å². The number of pyridine rings is 1. The third-order valence-electron chi connectivity index (χ3n) is 4.05. The van der Waals surface area contributed by atoms with Crippen LogP contribution in [-0.2, 0) is 20.3 Å². The molecule has 0 saturated carbocycles. The van der Waals surface area contributed by atoms with Crippen molar-refractivity contribution in [3.05, 3.63) is 42.1 Å². The van der Waals surface area contributed by atoms with E-state index in [1.54, 1.807) is 4.90 Å². The normalized spacial score (nSPS) is 18.7. The molecule has 0 bridgehead atoms. The highest BCUT2D eigenvalue weighted by molar-refractivity contribution is 8.13. The van der Waals surface area contributed by atoms with Crippen LogP contribution >= 0.6 is 10.7 Å². The van der Waals surface area contributed by atoms with Crippen LogP contribution in [0.3, 0.4) is 0 Å². The Morgan fingerprint density at radius 3 is 2.87 bits per heavy atom. The van der Waals surface area contributed by atoms with Gasteiger partial charge in [-0.25, -0.2) is 8.42 Å². The van der Waals surface area contributed by atoms with Crippen molar-refractivity contribution in [2.24, 2.45) is 5.92 Å². The Bertz CT molecular complexity index is 838. The minimum Gasteiger partial charge on any atom is -0.342 e. The number of amides is 1. The average molecular weight is 353 g/mol. The second-order valence-corrected chi connectivity index (χ2v) is 8.72. The molecule has 1 aliphatic rings. The van der Waals surface area contributed by atoms with Crippen LogP contribution in [0, 0.1) is 5.92 Å². The van der Waals surface area contributed by atoms with E-state index in [0.29, 0.717) is 19.5 Å². The van der Waals surface area contributed by atoms with Crippen LogP contribution in [0.1, 0.15) is 12.0 Å². The highest BCUT2D eigenvalue weighted by Crippen LogP contribution is 2.21. The van der Waals surface area contributed by atoms with Crippen LogP contribution in [-0.4, -0.2) is 43.1 Å². The fourth-order valence-electron chi connectivity index (χ4n) is 2.98. The highest BCUT2D eigenvalue weighted by Gasteiger charge is 2.31. The Balaban J connectivity index is 1.62. The van der Waals surface area contributed by atoms with E-state index in [-0.39, 0.29) is 24.0 Å². The summed E-state index contributed by atoms with van der Waals surface area (Å²) in [5.74, 6) is -0.363. The van der Waals surface area contributed by atoms with Gasteiger partial charge in [-0.15, -0.1) is 0 Å². The van der Waals surface area contributed by atoms with Gasteiger partial charge >= 0.3 is 0 Å². The van der Waals surface area contributed by atoms with Crippen molar-refractivity contribution in [1.82, 2.24) is 9.88 Å². The molecule has 2 aromatic rings. The summed E-state index contributed by atoms with van der Waals surface area (Å²) in [7, 11) is 1.71. The summed E-state index contributed by atoms with van der Waals surface area (Å²) in [6.07, 6.45) is 2.77. The molecule has 2 heterocycles. The number of nitrogens with zero attached hydrogens (tertiary/aromatic N) is 2. The zero-order valence-corrected chi connectivity index (χ0v) is 14.1. The number of carbonyl (C=O) groups is 1. The SMILES string of the molecule is O=C1CC(CS(=O)(=O)Cl)CN1CCc1cnc2ccccc2c1. The minimum absolute atomic E-state index is 0.0101. The van der Waals surface area contributed by atoms with Gasteiger partial charge in [0.25, 0.3) is 0 Å². The lowest BCUT2D eigenvalue weighted by atomic mass is 10.1. The van der Waals surface area contributed by atoms with Crippen LogP contribution in [0.4, 0.5) is 0 Å². The van der Waals surface area contributed by atoms with E-state index in [4.69, 9.17) is 10.7 Å². The van der Waals surface area contributed by atoms with Gasteiger partial charge in [-0.2, -0.15) is 0 Å². The van der Waals surface area contributed by atoms with Crippen LogP contribution in [0.25, 0.3) is 10.9 Å². The van der Waals surface area contributed by atoms with Gasteiger partial charge in [0, 0.05) is 47.7 Å².